The highest BCUT2D eigenvalue weighted by Gasteiger charge is 1.96. The second-order valence-electron chi connectivity index (χ2n) is 2.28. The molecule has 0 amide bonds. The van der Waals surface area contributed by atoms with Gasteiger partial charge in [0.05, 0.1) is 3.92 Å². The number of aliphatic hydroxyl groups excluding tert-OH is 1. The van der Waals surface area contributed by atoms with Gasteiger partial charge in [-0.2, -0.15) is 0 Å². The van der Waals surface area contributed by atoms with Crippen molar-refractivity contribution in [2.75, 3.05) is 13.1 Å². The molecule has 2 nitrogen and oxygen atoms in total. The van der Waals surface area contributed by atoms with E-state index in [0.717, 1.165) is 13.1 Å². The molecule has 0 aromatic heterocycles. The predicted molar refractivity (Wildman–Crippen MR) is 55.3 cm³/mol. The Labute approximate surface area is 81.9 Å². The first kappa shape index (κ1) is 11.1. The Morgan fingerprint density at radius 1 is 1.64 bits per heavy atom. The van der Waals surface area contributed by atoms with Gasteiger partial charge in [-0.05, 0) is 18.9 Å². The van der Waals surface area contributed by atoms with E-state index in [-0.39, 0.29) is 3.92 Å². The summed E-state index contributed by atoms with van der Waals surface area (Å²) in [5.41, 5.74) is 0. The Morgan fingerprint density at radius 2 is 2.36 bits per heavy atom. The van der Waals surface area contributed by atoms with Gasteiger partial charge < -0.3 is 10.4 Å². The molecule has 0 rings (SSSR count). The Hall–Kier alpha value is 0.0500. The molecule has 0 aliphatic carbocycles. The number of hydrogen-bond donors (Lipinski definition) is 2. The van der Waals surface area contributed by atoms with Gasteiger partial charge in [0.15, 0.2) is 0 Å². The number of unbranched alkanes of at least 4 members (excludes halogenated alkanes) is 1. The van der Waals surface area contributed by atoms with Crippen LogP contribution in [0.4, 0.5) is 0 Å². The molecule has 0 heterocycles. The van der Waals surface area contributed by atoms with Gasteiger partial charge in [-0.3, -0.25) is 0 Å². The summed E-state index contributed by atoms with van der Waals surface area (Å²) in [7, 11) is 0. The van der Waals surface area contributed by atoms with Gasteiger partial charge in [-0.1, -0.05) is 35.9 Å². The van der Waals surface area contributed by atoms with Crippen LogP contribution in [-0.2, 0) is 0 Å². The monoisotopic (exact) mass is 267 g/mol. The van der Waals surface area contributed by atoms with Gasteiger partial charge in [-0.25, -0.2) is 0 Å². The first-order valence-corrected chi connectivity index (χ1v) is 5.05. The molecule has 0 aromatic rings. The van der Waals surface area contributed by atoms with Gasteiger partial charge in [-0.15, -0.1) is 0 Å². The zero-order valence-electron chi connectivity index (χ0n) is 6.73. The molecule has 0 aliphatic heterocycles. The van der Waals surface area contributed by atoms with E-state index in [1.54, 1.807) is 0 Å². The van der Waals surface area contributed by atoms with Crippen LogP contribution >= 0.6 is 22.6 Å². The van der Waals surface area contributed by atoms with Crippen LogP contribution in [0.2, 0.25) is 0 Å². The van der Waals surface area contributed by atoms with E-state index >= 15 is 0 Å². The van der Waals surface area contributed by atoms with Crippen molar-refractivity contribution in [3.8, 4) is 12.0 Å². The Kier molecular flexibility index (Phi) is 8.19. The number of rotatable bonds is 5. The summed E-state index contributed by atoms with van der Waals surface area (Å²) >= 11 is 2.20. The maximum absolute atomic E-state index is 8.25. The van der Waals surface area contributed by atoms with Crippen LogP contribution < -0.4 is 5.32 Å². The molecular weight excluding hydrogens is 253 g/mol. The van der Waals surface area contributed by atoms with Crippen LogP contribution in [0, 0.1) is 12.0 Å². The van der Waals surface area contributed by atoms with E-state index in [2.05, 4.69) is 40.8 Å². The van der Waals surface area contributed by atoms with Crippen molar-refractivity contribution in [3.05, 3.63) is 0 Å². The van der Waals surface area contributed by atoms with Crippen molar-refractivity contribution in [1.29, 1.82) is 0 Å². The Balaban J connectivity index is 3.15. The van der Waals surface area contributed by atoms with Crippen LogP contribution in [0.25, 0.3) is 0 Å². The van der Waals surface area contributed by atoms with E-state index in [1.807, 2.05) is 6.11 Å². The third kappa shape index (κ3) is 7.95. The third-order valence-corrected chi connectivity index (χ3v) is 2.00. The van der Waals surface area contributed by atoms with E-state index in [0.29, 0.717) is 0 Å². The van der Waals surface area contributed by atoms with Crippen molar-refractivity contribution >= 4 is 22.6 Å². The summed E-state index contributed by atoms with van der Waals surface area (Å²) in [5, 5.41) is 11.5. The second kappa shape index (κ2) is 8.15. The SMILES string of the molecule is CCCCNCC(I)C#CO. The minimum atomic E-state index is 0.217. The molecule has 2 N–H and O–H groups in total. The van der Waals surface area contributed by atoms with Crippen molar-refractivity contribution < 1.29 is 5.11 Å². The van der Waals surface area contributed by atoms with E-state index in [1.165, 1.54) is 12.8 Å². The molecule has 3 heteroatoms. The standard InChI is InChI=1S/C8H14INO/c1-2-3-5-10-7-8(9)4-6-11/h8,10-11H,2-3,5,7H2,1H3. The van der Waals surface area contributed by atoms with Gasteiger partial charge in [0.25, 0.3) is 0 Å². The normalized spacial score (nSPS) is 11.8. The van der Waals surface area contributed by atoms with E-state index in [9.17, 15) is 0 Å². The molecular formula is C8H14INO. The van der Waals surface area contributed by atoms with E-state index < -0.39 is 0 Å². The quantitative estimate of drug-likeness (QED) is 0.342. The highest BCUT2D eigenvalue weighted by molar-refractivity contribution is 14.1. The minimum Gasteiger partial charge on any atom is -0.462 e. The maximum Gasteiger partial charge on any atom is 0.108 e. The van der Waals surface area contributed by atoms with E-state index in [4.69, 9.17) is 5.11 Å². The van der Waals surface area contributed by atoms with Crippen molar-refractivity contribution in [2.24, 2.45) is 0 Å². The zero-order chi connectivity index (χ0) is 8.53. The van der Waals surface area contributed by atoms with Gasteiger partial charge in [0.1, 0.15) is 6.11 Å². The molecule has 64 valence electrons. The smallest absolute Gasteiger partial charge is 0.108 e. The number of nitrogens with one attached hydrogen (secondary N) is 1. The molecule has 0 radical (unpaired) electrons. The second-order valence-corrected chi connectivity index (χ2v) is 3.78. The number of halogens is 1. The van der Waals surface area contributed by atoms with Gasteiger partial charge in [0.2, 0.25) is 0 Å². The van der Waals surface area contributed by atoms with Gasteiger partial charge >= 0.3 is 0 Å². The van der Waals surface area contributed by atoms with Crippen LogP contribution in [0.1, 0.15) is 19.8 Å². The Bertz CT molecular complexity index is 139. The highest BCUT2D eigenvalue weighted by Crippen LogP contribution is 1.95. The summed E-state index contributed by atoms with van der Waals surface area (Å²) in [6.45, 7) is 4.06. The average molecular weight is 267 g/mol. The summed E-state index contributed by atoms with van der Waals surface area (Å²) in [4.78, 5) is 0. The van der Waals surface area contributed by atoms with Crippen molar-refractivity contribution in [3.63, 3.8) is 0 Å². The van der Waals surface area contributed by atoms with Crippen LogP contribution in [-0.4, -0.2) is 22.1 Å². The summed E-state index contributed by atoms with van der Waals surface area (Å²) in [5.74, 6) is 2.65. The fourth-order valence-electron chi connectivity index (χ4n) is 0.652. The Morgan fingerprint density at radius 3 is 2.91 bits per heavy atom. The average Bonchev–Trinajstić information content (AvgIpc) is 1.99. The first-order chi connectivity index (χ1) is 5.31. The number of aliphatic hydroxyl groups is 1. The first-order valence-electron chi connectivity index (χ1n) is 3.80. The van der Waals surface area contributed by atoms with Crippen LogP contribution in [0.15, 0.2) is 0 Å². The van der Waals surface area contributed by atoms with Gasteiger partial charge in [0, 0.05) is 6.54 Å². The lowest BCUT2D eigenvalue weighted by atomic mass is 10.3. The van der Waals surface area contributed by atoms with Crippen molar-refractivity contribution in [2.45, 2.75) is 23.7 Å². The summed E-state index contributed by atoms with van der Waals surface area (Å²) in [6, 6.07) is 0. The highest BCUT2D eigenvalue weighted by atomic mass is 127. The van der Waals surface area contributed by atoms with Crippen LogP contribution in [0.3, 0.4) is 0 Å². The molecule has 11 heavy (non-hydrogen) atoms. The number of hydrogen-bond acceptors (Lipinski definition) is 2. The topological polar surface area (TPSA) is 32.3 Å². The summed E-state index contributed by atoms with van der Waals surface area (Å²) < 4.78 is 0.217. The molecule has 1 atom stereocenters. The maximum atomic E-state index is 8.25. The molecule has 0 bridgehead atoms. The molecule has 0 spiro atoms. The van der Waals surface area contributed by atoms with Crippen molar-refractivity contribution in [1.82, 2.24) is 5.32 Å². The molecule has 0 saturated heterocycles. The lowest BCUT2D eigenvalue weighted by Gasteiger charge is -2.03. The lowest BCUT2D eigenvalue weighted by molar-refractivity contribution is 0.516. The largest absolute Gasteiger partial charge is 0.462 e. The molecule has 1 unspecified atom stereocenters. The predicted octanol–water partition coefficient (Wildman–Crippen LogP) is 1.51. The molecule has 0 fully saturated rings. The molecule has 0 aromatic carbocycles. The summed E-state index contributed by atoms with van der Waals surface area (Å²) in [6.07, 6.45) is 4.33. The lowest BCUT2D eigenvalue weighted by Crippen LogP contribution is -2.22. The molecule has 0 aliphatic rings. The minimum absolute atomic E-state index is 0.217. The number of alkyl halides is 1. The third-order valence-electron chi connectivity index (χ3n) is 1.25. The zero-order valence-corrected chi connectivity index (χ0v) is 8.89. The fourth-order valence-corrected chi connectivity index (χ4v) is 1.10. The fraction of sp³-hybridized carbons (Fsp3) is 0.750. The molecule has 0 saturated carbocycles. The van der Waals surface area contributed by atoms with Crippen LogP contribution in [0.5, 0.6) is 0 Å².